The van der Waals surface area contributed by atoms with Gasteiger partial charge in [-0.15, -0.1) is 0 Å². The molecule has 4 heteroatoms. The van der Waals surface area contributed by atoms with E-state index in [1.54, 1.807) is 24.5 Å². The van der Waals surface area contributed by atoms with E-state index in [1.807, 2.05) is 0 Å². The molecule has 1 N–H and O–H groups in total. The number of rotatable bonds is 4. The van der Waals surface area contributed by atoms with Crippen LogP contribution in [0.5, 0.6) is 0 Å². The predicted octanol–water partition coefficient (Wildman–Crippen LogP) is 1.93. The third-order valence-corrected chi connectivity index (χ3v) is 3.81. The quantitative estimate of drug-likeness (QED) is 0.901. The van der Waals surface area contributed by atoms with Gasteiger partial charge in [0, 0.05) is 37.1 Å². The molecule has 0 unspecified atom stereocenters. The van der Waals surface area contributed by atoms with Gasteiger partial charge in [-0.25, -0.2) is 0 Å². The Hall–Kier alpha value is -1.42. The van der Waals surface area contributed by atoms with Crippen molar-refractivity contribution < 1.29 is 4.79 Å². The molecule has 0 saturated carbocycles. The van der Waals surface area contributed by atoms with Crippen molar-refractivity contribution in [2.24, 2.45) is 5.92 Å². The fraction of sp³-hybridized carbons (Fsp3) is 0.600. The Morgan fingerprint density at radius 3 is 2.95 bits per heavy atom. The molecule has 4 nitrogen and oxygen atoms in total. The summed E-state index contributed by atoms with van der Waals surface area (Å²) < 4.78 is 0. The van der Waals surface area contributed by atoms with Crippen molar-refractivity contribution >= 4 is 5.91 Å². The molecule has 1 fully saturated rings. The highest BCUT2D eigenvalue weighted by Gasteiger charge is 2.21. The lowest BCUT2D eigenvalue weighted by atomic mass is 9.99. The zero-order valence-corrected chi connectivity index (χ0v) is 11.8. The number of hydrogen-bond donors (Lipinski definition) is 1. The van der Waals surface area contributed by atoms with E-state index < -0.39 is 0 Å². The molecule has 0 radical (unpaired) electrons. The Kier molecular flexibility index (Phi) is 4.91. The fourth-order valence-electron chi connectivity index (χ4n) is 2.60. The highest BCUT2D eigenvalue weighted by atomic mass is 16.1. The van der Waals surface area contributed by atoms with Gasteiger partial charge in [0.15, 0.2) is 0 Å². The van der Waals surface area contributed by atoms with E-state index in [0.29, 0.717) is 18.2 Å². The highest BCUT2D eigenvalue weighted by Crippen LogP contribution is 2.17. The number of carbonyl (C=O) groups excluding carboxylic acids is 1. The van der Waals surface area contributed by atoms with Gasteiger partial charge in [-0.05, 0) is 44.4 Å². The monoisotopic (exact) mass is 261 g/mol. The summed E-state index contributed by atoms with van der Waals surface area (Å²) in [6.45, 7) is 7.48. The normalized spacial score (nSPS) is 21.9. The minimum absolute atomic E-state index is 0.0145. The molecule has 0 aliphatic carbocycles. The molecule has 1 aliphatic rings. The number of piperidine rings is 1. The molecule has 104 valence electrons. The maximum absolute atomic E-state index is 11.9. The van der Waals surface area contributed by atoms with Gasteiger partial charge in [-0.1, -0.05) is 6.92 Å². The number of hydrogen-bond acceptors (Lipinski definition) is 3. The Balaban J connectivity index is 1.80. The Bertz CT molecular complexity index is 407. The molecule has 0 aromatic carbocycles. The third kappa shape index (κ3) is 4.03. The van der Waals surface area contributed by atoms with Crippen LogP contribution in [0.1, 0.15) is 37.0 Å². The molecule has 0 bridgehead atoms. The van der Waals surface area contributed by atoms with Gasteiger partial charge in [0.1, 0.15) is 0 Å². The molecule has 1 aromatic rings. The topological polar surface area (TPSA) is 45.2 Å². The lowest BCUT2D eigenvalue weighted by Gasteiger charge is -2.35. The SMILES string of the molecule is C[C@H]1CCCN([C@@H](C)CNC(=O)c2ccncc2)C1. The average molecular weight is 261 g/mol. The van der Waals surface area contributed by atoms with E-state index in [4.69, 9.17) is 0 Å². The summed E-state index contributed by atoms with van der Waals surface area (Å²) in [6, 6.07) is 3.87. The standard InChI is InChI=1S/C15H23N3O/c1-12-4-3-9-18(11-12)13(2)10-17-15(19)14-5-7-16-8-6-14/h5-8,12-13H,3-4,9-11H2,1-2H3,(H,17,19)/t12-,13-/m0/s1. The van der Waals surface area contributed by atoms with E-state index in [1.165, 1.54) is 12.8 Å². The molecule has 1 saturated heterocycles. The van der Waals surface area contributed by atoms with E-state index >= 15 is 0 Å². The van der Waals surface area contributed by atoms with Crippen LogP contribution >= 0.6 is 0 Å². The van der Waals surface area contributed by atoms with E-state index in [2.05, 4.69) is 29.0 Å². The summed E-state index contributed by atoms with van der Waals surface area (Å²) in [5, 5.41) is 3.00. The van der Waals surface area contributed by atoms with Crippen molar-refractivity contribution in [1.82, 2.24) is 15.2 Å². The van der Waals surface area contributed by atoms with Crippen LogP contribution in [0.4, 0.5) is 0 Å². The zero-order valence-electron chi connectivity index (χ0n) is 11.8. The molecule has 19 heavy (non-hydrogen) atoms. The first kappa shape index (κ1) is 14.0. The van der Waals surface area contributed by atoms with Gasteiger partial charge < -0.3 is 5.32 Å². The smallest absolute Gasteiger partial charge is 0.251 e. The first-order valence-corrected chi connectivity index (χ1v) is 7.09. The summed E-state index contributed by atoms with van der Waals surface area (Å²) in [5.41, 5.74) is 0.675. The van der Waals surface area contributed by atoms with Gasteiger partial charge >= 0.3 is 0 Å². The lowest BCUT2D eigenvalue weighted by Crippen LogP contribution is -2.46. The molecule has 1 aromatic heterocycles. The predicted molar refractivity (Wildman–Crippen MR) is 76.0 cm³/mol. The number of pyridine rings is 1. The van der Waals surface area contributed by atoms with E-state index in [9.17, 15) is 4.79 Å². The summed E-state index contributed by atoms with van der Waals surface area (Å²) in [6.07, 6.45) is 5.88. The zero-order chi connectivity index (χ0) is 13.7. The molecular formula is C15H23N3O. The summed E-state index contributed by atoms with van der Waals surface area (Å²) in [7, 11) is 0. The van der Waals surface area contributed by atoms with Crippen LogP contribution in [-0.4, -0.2) is 41.5 Å². The molecular weight excluding hydrogens is 238 g/mol. The second kappa shape index (κ2) is 6.66. The second-order valence-corrected chi connectivity index (χ2v) is 5.54. The molecule has 2 heterocycles. The maximum Gasteiger partial charge on any atom is 0.251 e. The maximum atomic E-state index is 11.9. The van der Waals surface area contributed by atoms with Crippen LogP contribution in [0.15, 0.2) is 24.5 Å². The number of nitrogens with zero attached hydrogens (tertiary/aromatic N) is 2. The van der Waals surface area contributed by atoms with Crippen molar-refractivity contribution in [1.29, 1.82) is 0 Å². The van der Waals surface area contributed by atoms with Crippen molar-refractivity contribution in [2.45, 2.75) is 32.7 Å². The largest absolute Gasteiger partial charge is 0.350 e. The minimum atomic E-state index is -0.0145. The molecule has 2 atom stereocenters. The van der Waals surface area contributed by atoms with Crippen LogP contribution in [0, 0.1) is 5.92 Å². The average Bonchev–Trinajstić information content (AvgIpc) is 2.45. The Morgan fingerprint density at radius 1 is 1.53 bits per heavy atom. The molecule has 1 amide bonds. The van der Waals surface area contributed by atoms with Gasteiger partial charge in [0.05, 0.1) is 0 Å². The third-order valence-electron chi connectivity index (χ3n) is 3.81. The van der Waals surface area contributed by atoms with Crippen molar-refractivity contribution in [2.75, 3.05) is 19.6 Å². The van der Waals surface area contributed by atoms with E-state index in [0.717, 1.165) is 19.0 Å². The van der Waals surface area contributed by atoms with Crippen LogP contribution in [-0.2, 0) is 0 Å². The van der Waals surface area contributed by atoms with Crippen LogP contribution < -0.4 is 5.32 Å². The second-order valence-electron chi connectivity index (χ2n) is 5.54. The molecule has 0 spiro atoms. The number of carbonyl (C=O) groups is 1. The molecule has 1 aliphatic heterocycles. The van der Waals surface area contributed by atoms with Gasteiger partial charge in [-0.2, -0.15) is 0 Å². The van der Waals surface area contributed by atoms with Gasteiger partial charge in [-0.3, -0.25) is 14.7 Å². The highest BCUT2D eigenvalue weighted by molar-refractivity contribution is 5.93. The molecule has 2 rings (SSSR count). The number of aromatic nitrogens is 1. The first-order valence-electron chi connectivity index (χ1n) is 7.09. The summed E-state index contributed by atoms with van der Waals surface area (Å²) in [5.74, 6) is 0.756. The first-order chi connectivity index (χ1) is 9.16. The summed E-state index contributed by atoms with van der Waals surface area (Å²) >= 11 is 0. The van der Waals surface area contributed by atoms with Crippen LogP contribution in [0.25, 0.3) is 0 Å². The fourth-order valence-corrected chi connectivity index (χ4v) is 2.60. The van der Waals surface area contributed by atoms with Crippen LogP contribution in [0.3, 0.4) is 0 Å². The Morgan fingerprint density at radius 2 is 2.26 bits per heavy atom. The minimum Gasteiger partial charge on any atom is -0.350 e. The number of amides is 1. The van der Waals surface area contributed by atoms with Gasteiger partial charge in [0.2, 0.25) is 0 Å². The van der Waals surface area contributed by atoms with E-state index in [-0.39, 0.29) is 5.91 Å². The number of likely N-dealkylation sites (tertiary alicyclic amines) is 1. The van der Waals surface area contributed by atoms with Gasteiger partial charge in [0.25, 0.3) is 5.91 Å². The van der Waals surface area contributed by atoms with Crippen LogP contribution in [0.2, 0.25) is 0 Å². The summed E-state index contributed by atoms with van der Waals surface area (Å²) in [4.78, 5) is 18.3. The number of nitrogens with one attached hydrogen (secondary N) is 1. The van der Waals surface area contributed by atoms with Crippen molar-refractivity contribution in [3.63, 3.8) is 0 Å². The lowest BCUT2D eigenvalue weighted by molar-refractivity contribution is 0.0917. The van der Waals surface area contributed by atoms with Crippen molar-refractivity contribution in [3.8, 4) is 0 Å². The van der Waals surface area contributed by atoms with Crippen molar-refractivity contribution in [3.05, 3.63) is 30.1 Å². The Labute approximate surface area is 115 Å².